The maximum absolute atomic E-state index is 13.4. The summed E-state index contributed by atoms with van der Waals surface area (Å²) in [5.74, 6) is -1.28. The Kier molecular flexibility index (Phi) is 5.25. The van der Waals surface area contributed by atoms with Crippen LogP contribution in [0.25, 0.3) is 21.3 Å². The zero-order chi connectivity index (χ0) is 20.5. The van der Waals surface area contributed by atoms with Crippen molar-refractivity contribution in [3.05, 3.63) is 47.5 Å². The third kappa shape index (κ3) is 3.83. The van der Waals surface area contributed by atoms with Crippen molar-refractivity contribution >= 4 is 49.4 Å². The summed E-state index contributed by atoms with van der Waals surface area (Å²) in [6.07, 6.45) is 1.08. The number of Topliss-reactive ketones (excluding diaryl/α,β-unsaturated/α-hetero) is 1. The monoisotopic (exact) mass is 416 g/mol. The van der Waals surface area contributed by atoms with Gasteiger partial charge in [-0.2, -0.15) is 0 Å². The molecule has 9 heteroatoms. The van der Waals surface area contributed by atoms with Crippen LogP contribution < -0.4 is 5.32 Å². The van der Waals surface area contributed by atoms with Crippen LogP contribution in [-0.4, -0.2) is 34.0 Å². The summed E-state index contributed by atoms with van der Waals surface area (Å²) < 4.78 is 34.2. The molecule has 150 valence electrons. The largest absolute Gasteiger partial charge is 0.385 e. The number of methoxy groups -OCH3 is 1. The van der Waals surface area contributed by atoms with Crippen molar-refractivity contribution in [2.75, 3.05) is 19.0 Å². The number of ketones is 1. The van der Waals surface area contributed by atoms with Crippen molar-refractivity contribution < 1.29 is 18.3 Å². The molecule has 0 saturated heterocycles. The van der Waals surface area contributed by atoms with E-state index in [0.29, 0.717) is 51.8 Å². The number of hydrogen-bond acceptors (Lipinski definition) is 6. The van der Waals surface area contributed by atoms with Gasteiger partial charge in [0, 0.05) is 38.8 Å². The van der Waals surface area contributed by atoms with Crippen molar-refractivity contribution in [1.82, 2.24) is 14.5 Å². The highest BCUT2D eigenvalue weighted by atomic mass is 32.1. The predicted molar refractivity (Wildman–Crippen MR) is 109 cm³/mol. The summed E-state index contributed by atoms with van der Waals surface area (Å²) in [5.41, 5.74) is 2.49. The van der Waals surface area contributed by atoms with Crippen LogP contribution in [-0.2, 0) is 11.8 Å². The van der Waals surface area contributed by atoms with Crippen LogP contribution >= 0.6 is 11.3 Å². The van der Waals surface area contributed by atoms with Crippen molar-refractivity contribution in [2.45, 2.75) is 12.8 Å². The fraction of sp³-hybridized carbons (Fsp3) is 0.250. The Labute approximate surface area is 169 Å². The topological polar surface area (TPSA) is 69.0 Å². The standard InChI is InChI=1S/C20H18F2N4O2S/c1-26-16-6-5-11(17(27)4-3-7-28-2)8-14(16)23-19(26)25-20-24-15-9-12(21)13(22)10-18(15)29-20/h5-6,8-10H,3-4,7H2,1-2H3,(H,23,24,25). The average Bonchev–Trinajstić information content (AvgIpc) is 3.22. The van der Waals surface area contributed by atoms with Crippen molar-refractivity contribution in [3.63, 3.8) is 0 Å². The molecule has 0 atom stereocenters. The van der Waals surface area contributed by atoms with Crippen molar-refractivity contribution in [1.29, 1.82) is 0 Å². The van der Waals surface area contributed by atoms with E-state index < -0.39 is 11.6 Å². The number of carbonyl (C=O) groups excluding carboxylic acids is 1. The molecule has 4 aromatic rings. The molecule has 0 saturated carbocycles. The number of thiazole rings is 1. The predicted octanol–water partition coefficient (Wildman–Crippen LogP) is 4.81. The fourth-order valence-electron chi connectivity index (χ4n) is 3.08. The highest BCUT2D eigenvalue weighted by molar-refractivity contribution is 7.22. The normalized spacial score (nSPS) is 11.4. The number of anilines is 2. The quantitative estimate of drug-likeness (QED) is 0.346. The molecule has 0 radical (unpaired) electrons. The number of hydrogen-bond donors (Lipinski definition) is 1. The average molecular weight is 416 g/mol. The second-order valence-corrected chi connectivity index (χ2v) is 7.63. The number of benzene rings is 2. The lowest BCUT2D eigenvalue weighted by molar-refractivity contribution is 0.0963. The van der Waals surface area contributed by atoms with Crippen molar-refractivity contribution in [2.24, 2.45) is 7.05 Å². The molecule has 29 heavy (non-hydrogen) atoms. The summed E-state index contributed by atoms with van der Waals surface area (Å²) >= 11 is 1.20. The first-order valence-corrected chi connectivity index (χ1v) is 9.79. The number of carbonyl (C=O) groups is 1. The molecule has 2 heterocycles. The van der Waals surface area contributed by atoms with Gasteiger partial charge in [0.25, 0.3) is 0 Å². The number of halogens is 2. The molecular weight excluding hydrogens is 398 g/mol. The Morgan fingerprint density at radius 3 is 2.76 bits per heavy atom. The summed E-state index contributed by atoms with van der Waals surface area (Å²) in [6.45, 7) is 0.543. The number of nitrogens with zero attached hydrogens (tertiary/aromatic N) is 3. The number of nitrogens with one attached hydrogen (secondary N) is 1. The first kappa shape index (κ1) is 19.4. The van der Waals surface area contributed by atoms with Gasteiger partial charge in [-0.25, -0.2) is 18.7 Å². The first-order valence-electron chi connectivity index (χ1n) is 8.97. The Morgan fingerprint density at radius 1 is 1.17 bits per heavy atom. The minimum atomic E-state index is -0.931. The summed E-state index contributed by atoms with van der Waals surface area (Å²) in [4.78, 5) is 21.2. The zero-order valence-corrected chi connectivity index (χ0v) is 16.6. The van der Waals surface area contributed by atoms with Gasteiger partial charge in [-0.3, -0.25) is 4.79 Å². The maximum Gasteiger partial charge on any atom is 0.209 e. The van der Waals surface area contributed by atoms with Gasteiger partial charge in [-0.15, -0.1) is 0 Å². The van der Waals surface area contributed by atoms with Gasteiger partial charge in [-0.05, 0) is 30.7 Å². The number of rotatable bonds is 7. The second kappa shape index (κ2) is 7.84. The summed E-state index contributed by atoms with van der Waals surface area (Å²) in [6, 6.07) is 7.59. The third-order valence-electron chi connectivity index (χ3n) is 4.60. The molecule has 0 fully saturated rings. The van der Waals surface area contributed by atoms with Gasteiger partial charge in [0.15, 0.2) is 22.5 Å². The molecule has 0 aliphatic carbocycles. The Morgan fingerprint density at radius 2 is 1.97 bits per heavy atom. The summed E-state index contributed by atoms with van der Waals surface area (Å²) in [7, 11) is 3.45. The molecule has 0 bridgehead atoms. The van der Waals surface area contributed by atoms with E-state index in [-0.39, 0.29) is 5.78 Å². The SMILES string of the molecule is COCCCC(=O)c1ccc2c(c1)nc(Nc1nc3cc(F)c(F)cc3s1)n2C. The van der Waals surface area contributed by atoms with E-state index in [4.69, 9.17) is 4.74 Å². The highest BCUT2D eigenvalue weighted by Gasteiger charge is 2.14. The molecule has 0 aliphatic heterocycles. The van der Waals surface area contributed by atoms with E-state index in [1.165, 1.54) is 11.3 Å². The Balaban J connectivity index is 1.61. The molecule has 2 aromatic heterocycles. The van der Waals surface area contributed by atoms with Crippen LogP contribution in [0.3, 0.4) is 0 Å². The molecule has 0 unspecified atom stereocenters. The number of fused-ring (bicyclic) bond motifs is 2. The lowest BCUT2D eigenvalue weighted by Crippen LogP contribution is -2.01. The van der Waals surface area contributed by atoms with E-state index in [1.54, 1.807) is 19.2 Å². The fourth-order valence-corrected chi connectivity index (χ4v) is 3.95. The molecule has 1 N–H and O–H groups in total. The van der Waals surface area contributed by atoms with Gasteiger partial charge >= 0.3 is 0 Å². The first-order chi connectivity index (χ1) is 14.0. The van der Waals surface area contributed by atoms with E-state index in [0.717, 1.165) is 17.6 Å². The van der Waals surface area contributed by atoms with E-state index in [9.17, 15) is 13.6 Å². The smallest absolute Gasteiger partial charge is 0.209 e. The van der Waals surface area contributed by atoms with E-state index in [2.05, 4.69) is 15.3 Å². The van der Waals surface area contributed by atoms with Gasteiger partial charge in [0.05, 0.1) is 21.3 Å². The zero-order valence-electron chi connectivity index (χ0n) is 15.8. The van der Waals surface area contributed by atoms with Gasteiger partial charge in [0.2, 0.25) is 5.95 Å². The minimum absolute atomic E-state index is 0.0411. The molecule has 2 aromatic carbocycles. The van der Waals surface area contributed by atoms with E-state index in [1.807, 2.05) is 17.7 Å². The summed E-state index contributed by atoms with van der Waals surface area (Å²) in [5, 5.41) is 3.57. The van der Waals surface area contributed by atoms with Gasteiger partial charge < -0.3 is 14.6 Å². The lowest BCUT2D eigenvalue weighted by atomic mass is 10.1. The Hall–Kier alpha value is -2.91. The third-order valence-corrected chi connectivity index (χ3v) is 5.54. The number of ether oxygens (including phenoxy) is 1. The molecule has 0 spiro atoms. The molecule has 0 amide bonds. The molecule has 0 aliphatic rings. The highest BCUT2D eigenvalue weighted by Crippen LogP contribution is 2.30. The Bertz CT molecular complexity index is 1180. The number of aryl methyl sites for hydroxylation is 1. The van der Waals surface area contributed by atoms with Crippen LogP contribution in [0.15, 0.2) is 30.3 Å². The lowest BCUT2D eigenvalue weighted by Gasteiger charge is -2.03. The number of imidazole rings is 1. The van der Waals surface area contributed by atoms with Crippen LogP contribution in [0.2, 0.25) is 0 Å². The van der Waals surface area contributed by atoms with Gasteiger partial charge in [-0.1, -0.05) is 11.3 Å². The van der Waals surface area contributed by atoms with Crippen molar-refractivity contribution in [3.8, 4) is 0 Å². The van der Waals surface area contributed by atoms with Crippen LogP contribution in [0.4, 0.5) is 19.9 Å². The molecular formula is C20H18F2N4O2S. The van der Waals surface area contributed by atoms with Crippen LogP contribution in [0.1, 0.15) is 23.2 Å². The van der Waals surface area contributed by atoms with Crippen LogP contribution in [0, 0.1) is 11.6 Å². The maximum atomic E-state index is 13.4. The van der Waals surface area contributed by atoms with Crippen LogP contribution in [0.5, 0.6) is 0 Å². The molecule has 6 nitrogen and oxygen atoms in total. The minimum Gasteiger partial charge on any atom is -0.385 e. The number of aromatic nitrogens is 3. The van der Waals surface area contributed by atoms with Gasteiger partial charge in [0.1, 0.15) is 0 Å². The van der Waals surface area contributed by atoms with E-state index >= 15 is 0 Å². The second-order valence-electron chi connectivity index (χ2n) is 6.60. The molecule has 4 rings (SSSR count).